The highest BCUT2D eigenvalue weighted by atomic mass is 28.2. The van der Waals surface area contributed by atoms with Gasteiger partial charge in [-0.1, -0.05) is 46.1 Å². The summed E-state index contributed by atoms with van der Waals surface area (Å²) >= 11 is 0. The molecule has 2 heteroatoms. The van der Waals surface area contributed by atoms with Crippen LogP contribution in [-0.4, -0.2) is 10.5 Å². The van der Waals surface area contributed by atoms with Gasteiger partial charge in [-0.25, -0.2) is 0 Å². The van der Waals surface area contributed by atoms with Crippen molar-refractivity contribution in [3.63, 3.8) is 0 Å². The molecule has 0 unspecified atom stereocenters. The Labute approximate surface area is 128 Å². The molecule has 1 aromatic carbocycles. The fraction of sp³-hybridized carbons (Fsp3) is 0.667. The van der Waals surface area contributed by atoms with E-state index in [9.17, 15) is 0 Å². The van der Waals surface area contributed by atoms with Gasteiger partial charge in [-0.2, -0.15) is 0 Å². The van der Waals surface area contributed by atoms with E-state index in [-0.39, 0.29) is 0 Å². The molecule has 0 aliphatic rings. The largest absolute Gasteiger partial charge is 0.553 e. The Morgan fingerprint density at radius 3 is 1.90 bits per heavy atom. The topological polar surface area (TPSA) is 9.23 Å². The van der Waals surface area contributed by atoms with E-state index in [1.165, 1.54) is 63.4 Å². The first-order valence-corrected chi connectivity index (χ1v) is 9.27. The number of unbranched alkanes of at least 4 members (excludes halogenated alkanes) is 3. The Kier molecular flexibility index (Phi) is 8.67. The standard InChI is InChI=1S/C18H32OSi/c1-4-7-10-15-13-14-18(19-20)17(12-9-6-3)16(15)11-8-5-2/h13-14H,4-12H2,1-3,20H3. The van der Waals surface area contributed by atoms with E-state index >= 15 is 0 Å². The van der Waals surface area contributed by atoms with E-state index in [1.807, 2.05) is 0 Å². The van der Waals surface area contributed by atoms with E-state index in [0.717, 1.165) is 16.2 Å². The molecule has 0 heterocycles. The van der Waals surface area contributed by atoms with Gasteiger partial charge in [-0.05, 0) is 61.3 Å². The second-order valence-corrected chi connectivity index (χ2v) is 6.10. The maximum atomic E-state index is 5.76. The lowest BCUT2D eigenvalue weighted by molar-refractivity contribution is 0.594. The molecule has 0 radical (unpaired) electrons. The first kappa shape index (κ1) is 17.3. The zero-order valence-corrected chi connectivity index (χ0v) is 15.9. The molecule has 1 aromatic rings. The summed E-state index contributed by atoms with van der Waals surface area (Å²) in [7, 11) is 0.788. The summed E-state index contributed by atoms with van der Waals surface area (Å²) in [6.45, 7) is 6.83. The van der Waals surface area contributed by atoms with Crippen molar-refractivity contribution in [2.45, 2.75) is 78.6 Å². The third-order valence-corrected chi connectivity index (χ3v) is 4.51. The molecule has 0 aliphatic heterocycles. The molecular formula is C18H32OSi. The van der Waals surface area contributed by atoms with Crippen LogP contribution in [0.3, 0.4) is 0 Å². The molecule has 0 aromatic heterocycles. The Hall–Kier alpha value is -0.763. The van der Waals surface area contributed by atoms with Gasteiger partial charge in [0.05, 0.1) is 0 Å². The Morgan fingerprint density at radius 2 is 1.35 bits per heavy atom. The molecule has 0 aliphatic carbocycles. The monoisotopic (exact) mass is 292 g/mol. The lowest BCUT2D eigenvalue weighted by atomic mass is 9.90. The number of hydrogen-bond donors (Lipinski definition) is 0. The van der Waals surface area contributed by atoms with Crippen LogP contribution in [0.4, 0.5) is 0 Å². The van der Waals surface area contributed by atoms with Crippen LogP contribution in [0.1, 0.15) is 76.0 Å². The van der Waals surface area contributed by atoms with Gasteiger partial charge in [0.15, 0.2) is 0 Å². The van der Waals surface area contributed by atoms with Crippen LogP contribution < -0.4 is 4.43 Å². The summed E-state index contributed by atoms with van der Waals surface area (Å²) in [6.07, 6.45) is 11.3. The summed E-state index contributed by atoms with van der Waals surface area (Å²) in [5.74, 6) is 1.16. The Morgan fingerprint density at radius 1 is 0.800 bits per heavy atom. The molecule has 0 spiro atoms. The summed E-state index contributed by atoms with van der Waals surface area (Å²) in [6, 6.07) is 4.54. The number of benzene rings is 1. The van der Waals surface area contributed by atoms with E-state index in [0.29, 0.717) is 0 Å². The second kappa shape index (κ2) is 10.0. The van der Waals surface area contributed by atoms with Crippen LogP contribution in [0.5, 0.6) is 5.75 Å². The maximum Gasteiger partial charge on any atom is 0.204 e. The predicted molar refractivity (Wildman–Crippen MR) is 92.8 cm³/mol. The molecule has 0 saturated carbocycles. The van der Waals surface area contributed by atoms with Crippen molar-refractivity contribution in [1.29, 1.82) is 0 Å². The van der Waals surface area contributed by atoms with Crippen molar-refractivity contribution >= 4 is 10.5 Å². The van der Waals surface area contributed by atoms with E-state index in [2.05, 4.69) is 32.9 Å². The molecule has 0 amide bonds. The zero-order chi connectivity index (χ0) is 14.8. The van der Waals surface area contributed by atoms with Gasteiger partial charge in [0.1, 0.15) is 5.75 Å². The van der Waals surface area contributed by atoms with Gasteiger partial charge >= 0.3 is 0 Å². The number of hydrogen-bond acceptors (Lipinski definition) is 1. The highest BCUT2D eigenvalue weighted by molar-refractivity contribution is 6.00. The smallest absolute Gasteiger partial charge is 0.204 e. The fourth-order valence-electron chi connectivity index (χ4n) is 2.81. The van der Waals surface area contributed by atoms with E-state index < -0.39 is 0 Å². The SMILES string of the molecule is CCCCc1ccc(O[SiH3])c(CCCC)c1CCCC. The quantitative estimate of drug-likeness (QED) is 0.582. The normalized spacial score (nSPS) is 10.9. The average molecular weight is 293 g/mol. The van der Waals surface area contributed by atoms with Crippen LogP contribution in [0.15, 0.2) is 12.1 Å². The summed E-state index contributed by atoms with van der Waals surface area (Å²) in [5.41, 5.74) is 4.71. The number of rotatable bonds is 10. The minimum Gasteiger partial charge on any atom is -0.553 e. The third kappa shape index (κ3) is 4.97. The van der Waals surface area contributed by atoms with Gasteiger partial charge in [-0.3, -0.25) is 0 Å². The van der Waals surface area contributed by atoms with E-state index in [1.54, 1.807) is 11.1 Å². The minimum absolute atomic E-state index is 0.788. The van der Waals surface area contributed by atoms with Gasteiger partial charge < -0.3 is 4.43 Å². The molecule has 1 rings (SSSR count). The van der Waals surface area contributed by atoms with Crippen LogP contribution in [0, 0.1) is 0 Å². The first-order chi connectivity index (χ1) is 9.78. The van der Waals surface area contributed by atoms with E-state index in [4.69, 9.17) is 4.43 Å². The predicted octanol–water partition coefficient (Wildman–Crippen LogP) is 4.37. The Bertz CT molecular complexity index is 387. The molecule has 114 valence electrons. The third-order valence-electron chi connectivity index (χ3n) is 4.07. The van der Waals surface area contributed by atoms with Crippen molar-refractivity contribution in [3.8, 4) is 5.75 Å². The molecule has 0 bridgehead atoms. The fourth-order valence-corrected chi connectivity index (χ4v) is 3.19. The van der Waals surface area contributed by atoms with Crippen molar-refractivity contribution < 1.29 is 4.43 Å². The maximum absolute atomic E-state index is 5.76. The lowest BCUT2D eigenvalue weighted by Crippen LogP contribution is -2.04. The highest BCUT2D eigenvalue weighted by Crippen LogP contribution is 2.29. The average Bonchev–Trinajstić information content (AvgIpc) is 2.48. The van der Waals surface area contributed by atoms with Crippen molar-refractivity contribution in [1.82, 2.24) is 0 Å². The van der Waals surface area contributed by atoms with Crippen molar-refractivity contribution in [2.24, 2.45) is 0 Å². The molecule has 1 nitrogen and oxygen atoms in total. The minimum atomic E-state index is 0.788. The van der Waals surface area contributed by atoms with Gasteiger partial charge in [0.2, 0.25) is 10.5 Å². The Balaban J connectivity index is 3.09. The summed E-state index contributed by atoms with van der Waals surface area (Å²) < 4.78 is 5.76. The van der Waals surface area contributed by atoms with Crippen LogP contribution in [0.2, 0.25) is 0 Å². The second-order valence-electron chi connectivity index (χ2n) is 5.69. The van der Waals surface area contributed by atoms with Crippen LogP contribution in [0.25, 0.3) is 0 Å². The highest BCUT2D eigenvalue weighted by Gasteiger charge is 2.13. The van der Waals surface area contributed by atoms with Crippen molar-refractivity contribution in [2.75, 3.05) is 0 Å². The molecule has 0 N–H and O–H groups in total. The molecule has 0 saturated heterocycles. The van der Waals surface area contributed by atoms with Gasteiger partial charge in [0.25, 0.3) is 0 Å². The van der Waals surface area contributed by atoms with Gasteiger partial charge in [-0.15, -0.1) is 0 Å². The number of aryl methyl sites for hydroxylation is 1. The molecule has 0 fully saturated rings. The lowest BCUT2D eigenvalue weighted by Gasteiger charge is -2.18. The summed E-state index contributed by atoms with van der Waals surface area (Å²) in [4.78, 5) is 0. The molecule has 0 atom stereocenters. The zero-order valence-electron chi connectivity index (χ0n) is 13.9. The molecule has 20 heavy (non-hydrogen) atoms. The van der Waals surface area contributed by atoms with Crippen LogP contribution >= 0.6 is 0 Å². The van der Waals surface area contributed by atoms with Crippen molar-refractivity contribution in [3.05, 3.63) is 28.8 Å². The van der Waals surface area contributed by atoms with Gasteiger partial charge in [0, 0.05) is 0 Å². The van der Waals surface area contributed by atoms with Crippen LogP contribution in [-0.2, 0) is 19.3 Å². The first-order valence-electron chi connectivity index (χ1n) is 8.46. The molecular weight excluding hydrogens is 260 g/mol. The summed E-state index contributed by atoms with van der Waals surface area (Å²) in [5, 5.41) is 0.